The molecule has 0 spiro atoms. The van der Waals surface area contributed by atoms with Gasteiger partial charge in [-0.25, -0.2) is 0 Å². The number of carbonyl (C=O) groups is 1. The predicted octanol–water partition coefficient (Wildman–Crippen LogP) is 3.28. The minimum absolute atomic E-state index is 0.00498. The van der Waals surface area contributed by atoms with Crippen molar-refractivity contribution in [1.82, 2.24) is 10.2 Å². The maximum absolute atomic E-state index is 12.3. The molecular weight excluding hydrogens is 390 g/mol. The van der Waals surface area contributed by atoms with Crippen LogP contribution >= 0.6 is 15.9 Å². The Morgan fingerprint density at radius 2 is 1.84 bits per heavy atom. The van der Waals surface area contributed by atoms with Crippen LogP contribution < -0.4 is 14.8 Å². The van der Waals surface area contributed by atoms with E-state index in [0.29, 0.717) is 17.4 Å². The maximum atomic E-state index is 12.3. The predicted molar refractivity (Wildman–Crippen MR) is 92.4 cm³/mol. The van der Waals surface area contributed by atoms with E-state index < -0.39 is 12.0 Å². The number of nitrogens with zero attached hydrogens (tertiary/aromatic N) is 2. The van der Waals surface area contributed by atoms with Gasteiger partial charge in [0.15, 0.2) is 11.5 Å². The van der Waals surface area contributed by atoms with Crippen LogP contribution in [-0.4, -0.2) is 28.8 Å². The van der Waals surface area contributed by atoms with Crippen molar-refractivity contribution >= 4 is 27.9 Å². The molecule has 1 N–H and O–H groups in total. The van der Waals surface area contributed by atoms with E-state index in [-0.39, 0.29) is 12.6 Å². The van der Waals surface area contributed by atoms with Crippen molar-refractivity contribution in [3.63, 3.8) is 0 Å². The highest BCUT2D eigenvalue weighted by Crippen LogP contribution is 2.31. The van der Waals surface area contributed by atoms with Gasteiger partial charge in [0.25, 0.3) is 5.91 Å². The quantitative estimate of drug-likeness (QED) is 0.724. The summed E-state index contributed by atoms with van der Waals surface area (Å²) in [5, 5.41) is 10.3. The van der Waals surface area contributed by atoms with Gasteiger partial charge < -0.3 is 13.9 Å². The standard InChI is InChI=1S/C17H12BrN3O4/c18-11-7-5-10(6-8-11)16-20-21-17(25-16)19-15(22)14-9-23-12-3-1-2-4-13(12)24-14/h1-8,14H,9H2,(H,19,21,22). The summed E-state index contributed by atoms with van der Waals surface area (Å²) in [6, 6.07) is 14.6. The number of anilines is 1. The molecule has 0 aliphatic carbocycles. The Bertz CT molecular complexity index is 910. The topological polar surface area (TPSA) is 86.5 Å². The lowest BCUT2D eigenvalue weighted by molar-refractivity contribution is -0.125. The van der Waals surface area contributed by atoms with Crippen LogP contribution in [-0.2, 0) is 4.79 Å². The number of amides is 1. The van der Waals surface area contributed by atoms with E-state index in [2.05, 4.69) is 31.4 Å². The number of benzene rings is 2. The number of fused-ring (bicyclic) bond motifs is 1. The molecule has 1 aliphatic rings. The van der Waals surface area contributed by atoms with Gasteiger partial charge in [-0.1, -0.05) is 33.2 Å². The second kappa shape index (κ2) is 6.56. The SMILES string of the molecule is O=C(Nc1nnc(-c2ccc(Br)cc2)o1)C1COc2ccccc2O1. The van der Waals surface area contributed by atoms with Crippen molar-refractivity contribution in [3.05, 3.63) is 53.0 Å². The Balaban J connectivity index is 1.44. The molecule has 8 heteroatoms. The summed E-state index contributed by atoms with van der Waals surface area (Å²) in [6.07, 6.45) is -0.794. The molecule has 7 nitrogen and oxygen atoms in total. The number of aromatic nitrogens is 2. The van der Waals surface area contributed by atoms with Gasteiger partial charge in [-0.05, 0) is 36.4 Å². The number of carbonyl (C=O) groups excluding carboxylic acids is 1. The van der Waals surface area contributed by atoms with E-state index in [9.17, 15) is 4.79 Å². The lowest BCUT2D eigenvalue weighted by Gasteiger charge is -2.24. The molecule has 25 heavy (non-hydrogen) atoms. The van der Waals surface area contributed by atoms with Crippen LogP contribution in [0.15, 0.2) is 57.4 Å². The first-order valence-corrected chi connectivity index (χ1v) is 8.27. The molecule has 2 aromatic carbocycles. The first-order valence-electron chi connectivity index (χ1n) is 7.48. The fourth-order valence-electron chi connectivity index (χ4n) is 2.32. The molecule has 1 aromatic heterocycles. The van der Waals surface area contributed by atoms with Crippen LogP contribution in [0.4, 0.5) is 6.01 Å². The van der Waals surface area contributed by atoms with Gasteiger partial charge in [0.1, 0.15) is 6.61 Å². The molecule has 1 amide bonds. The van der Waals surface area contributed by atoms with E-state index in [1.165, 1.54) is 0 Å². The van der Waals surface area contributed by atoms with E-state index in [4.69, 9.17) is 13.9 Å². The molecule has 4 rings (SSSR count). The van der Waals surface area contributed by atoms with E-state index in [1.54, 1.807) is 12.1 Å². The van der Waals surface area contributed by atoms with Crippen molar-refractivity contribution in [2.24, 2.45) is 0 Å². The molecule has 3 aromatic rings. The average Bonchev–Trinajstić information content (AvgIpc) is 3.10. The minimum Gasteiger partial charge on any atom is -0.485 e. The van der Waals surface area contributed by atoms with Gasteiger partial charge in [-0.2, -0.15) is 0 Å². The number of halogens is 1. The van der Waals surface area contributed by atoms with Gasteiger partial charge in [-0.3, -0.25) is 10.1 Å². The summed E-state index contributed by atoms with van der Waals surface area (Å²) in [7, 11) is 0. The smallest absolute Gasteiger partial charge is 0.322 e. The highest BCUT2D eigenvalue weighted by atomic mass is 79.9. The Labute approximate surface area is 151 Å². The van der Waals surface area contributed by atoms with E-state index in [0.717, 1.165) is 10.0 Å². The molecule has 0 fully saturated rings. The van der Waals surface area contributed by atoms with Gasteiger partial charge in [0.2, 0.25) is 12.0 Å². The molecule has 1 unspecified atom stereocenters. The third kappa shape index (κ3) is 3.34. The monoisotopic (exact) mass is 401 g/mol. The lowest BCUT2D eigenvalue weighted by Crippen LogP contribution is -2.40. The zero-order chi connectivity index (χ0) is 17.2. The van der Waals surface area contributed by atoms with Crippen molar-refractivity contribution in [2.75, 3.05) is 11.9 Å². The highest BCUT2D eigenvalue weighted by molar-refractivity contribution is 9.10. The Kier molecular flexibility index (Phi) is 4.10. The van der Waals surface area contributed by atoms with E-state index in [1.807, 2.05) is 36.4 Å². The first kappa shape index (κ1) is 15.6. The van der Waals surface area contributed by atoms with Gasteiger partial charge in [0.05, 0.1) is 0 Å². The normalized spacial score (nSPS) is 15.6. The number of nitrogens with one attached hydrogen (secondary N) is 1. The fraction of sp³-hybridized carbons (Fsp3) is 0.118. The molecule has 0 radical (unpaired) electrons. The van der Waals surface area contributed by atoms with E-state index >= 15 is 0 Å². The van der Waals surface area contributed by atoms with Crippen molar-refractivity contribution < 1.29 is 18.7 Å². The Morgan fingerprint density at radius 1 is 1.08 bits per heavy atom. The van der Waals surface area contributed by atoms with Crippen LogP contribution in [0.1, 0.15) is 0 Å². The summed E-state index contributed by atoms with van der Waals surface area (Å²) in [5.41, 5.74) is 0.752. The Morgan fingerprint density at radius 3 is 2.64 bits per heavy atom. The number of rotatable bonds is 3. The molecule has 0 saturated heterocycles. The highest BCUT2D eigenvalue weighted by Gasteiger charge is 2.28. The van der Waals surface area contributed by atoms with Crippen LogP contribution in [0.25, 0.3) is 11.5 Å². The van der Waals surface area contributed by atoms with Gasteiger partial charge in [-0.15, -0.1) is 5.10 Å². The van der Waals surface area contributed by atoms with Gasteiger partial charge >= 0.3 is 6.01 Å². The first-order chi connectivity index (χ1) is 12.2. The third-order valence-electron chi connectivity index (χ3n) is 3.55. The third-order valence-corrected chi connectivity index (χ3v) is 4.08. The van der Waals surface area contributed by atoms with Crippen molar-refractivity contribution in [2.45, 2.75) is 6.10 Å². The zero-order valence-corrected chi connectivity index (χ0v) is 14.4. The second-order valence-corrected chi connectivity index (χ2v) is 6.19. The van der Waals surface area contributed by atoms with Gasteiger partial charge in [0, 0.05) is 10.0 Å². The van der Waals surface area contributed by atoms with Crippen LogP contribution in [0.5, 0.6) is 11.5 Å². The van der Waals surface area contributed by atoms with Crippen LogP contribution in [0, 0.1) is 0 Å². The summed E-state index contributed by atoms with van der Waals surface area (Å²) >= 11 is 3.36. The van der Waals surface area contributed by atoms with Crippen molar-refractivity contribution in [3.8, 4) is 23.0 Å². The number of ether oxygens (including phenoxy) is 2. The molecule has 126 valence electrons. The molecule has 1 aliphatic heterocycles. The number of hydrogen-bond donors (Lipinski definition) is 1. The second-order valence-electron chi connectivity index (χ2n) is 5.27. The average molecular weight is 402 g/mol. The summed E-state index contributed by atoms with van der Waals surface area (Å²) < 4.78 is 17.6. The molecular formula is C17H12BrN3O4. The van der Waals surface area contributed by atoms with Crippen molar-refractivity contribution in [1.29, 1.82) is 0 Å². The molecule has 0 bridgehead atoms. The summed E-state index contributed by atoms with van der Waals surface area (Å²) in [6.45, 7) is 0.108. The fourth-order valence-corrected chi connectivity index (χ4v) is 2.58. The molecule has 0 saturated carbocycles. The molecule has 2 heterocycles. The number of hydrogen-bond acceptors (Lipinski definition) is 6. The number of para-hydroxylation sites is 2. The lowest BCUT2D eigenvalue weighted by atomic mass is 10.2. The van der Waals surface area contributed by atoms with Crippen LogP contribution in [0.2, 0.25) is 0 Å². The minimum atomic E-state index is -0.794. The van der Waals surface area contributed by atoms with Crippen LogP contribution in [0.3, 0.4) is 0 Å². The molecule has 1 atom stereocenters. The Hall–Kier alpha value is -2.87. The summed E-state index contributed by atoms with van der Waals surface area (Å²) in [4.78, 5) is 12.3. The largest absolute Gasteiger partial charge is 0.485 e. The maximum Gasteiger partial charge on any atom is 0.322 e. The zero-order valence-electron chi connectivity index (χ0n) is 12.8. The summed E-state index contributed by atoms with van der Waals surface area (Å²) in [5.74, 6) is 1.03.